The maximum Gasteiger partial charge on any atom is 0.339 e. The first-order valence-corrected chi connectivity index (χ1v) is 7.71. The molecule has 0 N–H and O–H groups in total. The van der Waals surface area contributed by atoms with Gasteiger partial charge in [-0.15, -0.1) is 0 Å². The fourth-order valence-electron chi connectivity index (χ4n) is 3.11. The van der Waals surface area contributed by atoms with Gasteiger partial charge in [0.2, 0.25) is 0 Å². The molecule has 2 aromatic carbocycles. The molecule has 0 spiro atoms. The highest BCUT2D eigenvalue weighted by atomic mass is 16.5. The Hall–Kier alpha value is -2.66. The van der Waals surface area contributed by atoms with Crippen molar-refractivity contribution < 1.29 is 19.1 Å². The smallest absolute Gasteiger partial charge is 0.339 e. The first kappa shape index (κ1) is 16.2. The maximum absolute atomic E-state index is 12.2. The van der Waals surface area contributed by atoms with E-state index in [4.69, 9.17) is 9.47 Å². The number of ether oxygens (including phenoxy) is 2. The lowest BCUT2D eigenvalue weighted by molar-refractivity contribution is 0.0554. The van der Waals surface area contributed by atoms with Crippen molar-refractivity contribution in [1.29, 1.82) is 0 Å². The Morgan fingerprint density at radius 1 is 0.958 bits per heavy atom. The molecule has 0 saturated carbocycles. The molecule has 5 nitrogen and oxygen atoms in total. The molecule has 3 rings (SSSR count). The Morgan fingerprint density at radius 3 is 2.33 bits per heavy atom. The summed E-state index contributed by atoms with van der Waals surface area (Å²) in [5.41, 5.74) is 3.67. The molecule has 0 unspecified atom stereocenters. The Balaban J connectivity index is 1.93. The van der Waals surface area contributed by atoms with Crippen molar-refractivity contribution in [1.82, 2.24) is 4.90 Å². The number of hydrogen-bond acceptors (Lipinski definition) is 5. The van der Waals surface area contributed by atoms with E-state index in [1.807, 2.05) is 24.3 Å². The lowest BCUT2D eigenvalue weighted by Crippen LogP contribution is -2.17. The average Bonchev–Trinajstić information content (AvgIpc) is 3.02. The van der Waals surface area contributed by atoms with Gasteiger partial charge in [-0.05, 0) is 22.8 Å². The van der Waals surface area contributed by atoms with Crippen LogP contribution in [0.3, 0.4) is 0 Å². The molecule has 0 radical (unpaired) electrons. The van der Waals surface area contributed by atoms with E-state index in [0.29, 0.717) is 12.1 Å². The van der Waals surface area contributed by atoms with Crippen LogP contribution in [0.4, 0.5) is 0 Å². The molecule has 1 aliphatic heterocycles. The first-order valence-electron chi connectivity index (χ1n) is 7.71. The third-order valence-corrected chi connectivity index (χ3v) is 4.23. The zero-order valence-electron chi connectivity index (χ0n) is 13.7. The Bertz CT molecular complexity index is 770. The number of methoxy groups -OCH3 is 2. The Morgan fingerprint density at radius 2 is 1.67 bits per heavy atom. The second-order valence-electron chi connectivity index (χ2n) is 5.74. The highest BCUT2D eigenvalue weighted by Gasteiger charge is 2.29. The second-order valence-corrected chi connectivity index (χ2v) is 5.74. The molecule has 0 saturated heterocycles. The van der Waals surface area contributed by atoms with Crippen molar-refractivity contribution in [3.05, 3.63) is 70.3 Å². The fraction of sp³-hybridized carbons (Fsp3) is 0.263. The van der Waals surface area contributed by atoms with Gasteiger partial charge in [-0.1, -0.05) is 36.4 Å². The second kappa shape index (κ2) is 6.84. The maximum atomic E-state index is 12.2. The molecule has 0 amide bonds. The number of hydrogen-bond donors (Lipinski definition) is 0. The van der Waals surface area contributed by atoms with E-state index in [2.05, 4.69) is 17.0 Å². The monoisotopic (exact) mass is 325 g/mol. The van der Waals surface area contributed by atoms with Crippen LogP contribution in [0.15, 0.2) is 42.5 Å². The summed E-state index contributed by atoms with van der Waals surface area (Å²) in [6.45, 7) is 2.11. The van der Waals surface area contributed by atoms with Crippen molar-refractivity contribution in [3.63, 3.8) is 0 Å². The molecule has 0 atom stereocenters. The first-order chi connectivity index (χ1) is 11.6. The summed E-state index contributed by atoms with van der Waals surface area (Å²) in [6, 6.07) is 13.7. The number of fused-ring (bicyclic) bond motifs is 1. The molecule has 0 aromatic heterocycles. The van der Waals surface area contributed by atoms with Crippen LogP contribution in [0.5, 0.6) is 0 Å². The summed E-state index contributed by atoms with van der Waals surface area (Å²) in [4.78, 5) is 26.4. The molecular weight excluding hydrogens is 306 g/mol. The van der Waals surface area contributed by atoms with Gasteiger partial charge in [0.15, 0.2) is 0 Å². The van der Waals surface area contributed by atoms with Gasteiger partial charge in [0.25, 0.3) is 0 Å². The van der Waals surface area contributed by atoms with E-state index in [9.17, 15) is 9.59 Å². The zero-order chi connectivity index (χ0) is 17.1. The van der Waals surface area contributed by atoms with E-state index in [1.54, 1.807) is 6.07 Å². The zero-order valence-corrected chi connectivity index (χ0v) is 13.7. The molecule has 5 heteroatoms. The van der Waals surface area contributed by atoms with E-state index in [0.717, 1.165) is 24.2 Å². The molecule has 2 aromatic rings. The number of nitrogens with zero attached hydrogens (tertiary/aromatic N) is 1. The van der Waals surface area contributed by atoms with Gasteiger partial charge in [0.1, 0.15) is 0 Å². The van der Waals surface area contributed by atoms with E-state index >= 15 is 0 Å². The van der Waals surface area contributed by atoms with Crippen LogP contribution in [0.2, 0.25) is 0 Å². The molecule has 124 valence electrons. The molecule has 0 bridgehead atoms. The molecule has 0 fully saturated rings. The minimum Gasteiger partial charge on any atom is -0.465 e. The highest BCUT2D eigenvalue weighted by molar-refractivity contribution is 6.04. The van der Waals surface area contributed by atoms with Crippen LogP contribution in [-0.4, -0.2) is 31.1 Å². The van der Waals surface area contributed by atoms with E-state index < -0.39 is 11.9 Å². The summed E-state index contributed by atoms with van der Waals surface area (Å²) in [5.74, 6) is -1.03. The molecule has 1 heterocycles. The predicted molar refractivity (Wildman–Crippen MR) is 88.5 cm³/mol. The van der Waals surface area contributed by atoms with Crippen LogP contribution in [-0.2, 0) is 29.1 Å². The minimum atomic E-state index is -0.528. The average molecular weight is 325 g/mol. The number of rotatable bonds is 4. The number of carbonyl (C=O) groups is 2. The van der Waals surface area contributed by atoms with Gasteiger partial charge in [0, 0.05) is 19.6 Å². The van der Waals surface area contributed by atoms with Crippen LogP contribution in [0.25, 0.3) is 0 Å². The Labute approximate surface area is 140 Å². The third-order valence-electron chi connectivity index (χ3n) is 4.23. The summed E-state index contributed by atoms with van der Waals surface area (Å²) in [5, 5.41) is 0. The molecular formula is C19H19NO4. The largest absolute Gasteiger partial charge is 0.465 e. The van der Waals surface area contributed by atoms with Crippen LogP contribution >= 0.6 is 0 Å². The summed E-state index contributed by atoms with van der Waals surface area (Å²) in [6.07, 6.45) is 0. The number of carbonyl (C=O) groups excluding carboxylic acids is 2. The Kier molecular flexibility index (Phi) is 4.62. The summed E-state index contributed by atoms with van der Waals surface area (Å²) < 4.78 is 9.68. The summed E-state index contributed by atoms with van der Waals surface area (Å²) >= 11 is 0. The standard InChI is InChI=1S/C19H19NO4/c1-23-18(21)15-9-8-14-11-20(10-13-6-4-3-5-7-13)12-16(14)17(15)19(22)24-2/h3-9H,10-12H2,1-2H3. The quantitative estimate of drug-likeness (QED) is 0.809. The molecule has 1 aliphatic rings. The van der Waals surface area contributed by atoms with Crippen LogP contribution < -0.4 is 0 Å². The van der Waals surface area contributed by atoms with E-state index in [1.165, 1.54) is 19.8 Å². The normalized spacial score (nSPS) is 13.4. The topological polar surface area (TPSA) is 55.8 Å². The van der Waals surface area contributed by atoms with Gasteiger partial charge >= 0.3 is 11.9 Å². The predicted octanol–water partition coefficient (Wildman–Crippen LogP) is 2.78. The summed E-state index contributed by atoms with van der Waals surface area (Å²) in [7, 11) is 2.62. The van der Waals surface area contributed by atoms with Gasteiger partial charge in [-0.25, -0.2) is 9.59 Å². The number of benzene rings is 2. The van der Waals surface area contributed by atoms with Gasteiger partial charge in [0.05, 0.1) is 25.3 Å². The van der Waals surface area contributed by atoms with Crippen molar-refractivity contribution in [3.8, 4) is 0 Å². The highest BCUT2D eigenvalue weighted by Crippen LogP contribution is 2.30. The molecule has 0 aliphatic carbocycles. The van der Waals surface area contributed by atoms with Crippen molar-refractivity contribution in [2.24, 2.45) is 0 Å². The van der Waals surface area contributed by atoms with Crippen molar-refractivity contribution in [2.75, 3.05) is 14.2 Å². The van der Waals surface area contributed by atoms with Crippen molar-refractivity contribution >= 4 is 11.9 Å². The number of esters is 2. The van der Waals surface area contributed by atoms with Crippen molar-refractivity contribution in [2.45, 2.75) is 19.6 Å². The fourth-order valence-corrected chi connectivity index (χ4v) is 3.11. The van der Waals surface area contributed by atoms with E-state index in [-0.39, 0.29) is 5.56 Å². The van der Waals surface area contributed by atoms with Crippen LogP contribution in [0, 0.1) is 0 Å². The molecule has 24 heavy (non-hydrogen) atoms. The minimum absolute atomic E-state index is 0.254. The SMILES string of the molecule is COC(=O)c1ccc2c(c1C(=O)OC)CN(Cc1ccccc1)C2. The van der Waals surface area contributed by atoms with Gasteiger partial charge in [-0.2, -0.15) is 0 Å². The third kappa shape index (κ3) is 3.03. The van der Waals surface area contributed by atoms with Gasteiger partial charge < -0.3 is 9.47 Å². The van der Waals surface area contributed by atoms with Crippen LogP contribution in [0.1, 0.15) is 37.4 Å². The lowest BCUT2D eigenvalue weighted by Gasteiger charge is -2.15. The van der Waals surface area contributed by atoms with Gasteiger partial charge in [-0.3, -0.25) is 4.90 Å². The lowest BCUT2D eigenvalue weighted by atomic mass is 9.97.